The highest BCUT2D eigenvalue weighted by Crippen LogP contribution is 2.17. The first-order chi connectivity index (χ1) is 9.15. The summed E-state index contributed by atoms with van der Waals surface area (Å²) in [5, 5.41) is 11.1. The van der Waals surface area contributed by atoms with Crippen LogP contribution in [0.25, 0.3) is 0 Å². The number of likely N-dealkylation sites (tertiary alicyclic amines) is 1. The molecule has 102 valence electrons. The molecule has 19 heavy (non-hydrogen) atoms. The highest BCUT2D eigenvalue weighted by molar-refractivity contribution is 7.99. The Morgan fingerprint density at radius 2 is 2.05 bits per heavy atom. The van der Waals surface area contributed by atoms with Gasteiger partial charge in [-0.1, -0.05) is 11.8 Å². The fraction of sp³-hybridized carbons (Fsp3) is 0.500. The lowest BCUT2D eigenvalue weighted by Crippen LogP contribution is -2.29. The summed E-state index contributed by atoms with van der Waals surface area (Å²) in [5.74, 6) is 0.769. The van der Waals surface area contributed by atoms with E-state index in [0.717, 1.165) is 25.9 Å². The third-order valence-corrected chi connectivity index (χ3v) is 3.65. The Morgan fingerprint density at radius 3 is 2.63 bits per heavy atom. The zero-order chi connectivity index (χ0) is 13.7. The summed E-state index contributed by atoms with van der Waals surface area (Å²) in [6, 6.07) is 3.43. The summed E-state index contributed by atoms with van der Waals surface area (Å²) in [6.45, 7) is 3.15. The van der Waals surface area contributed by atoms with Gasteiger partial charge in [0.05, 0.1) is 5.75 Å². The van der Waals surface area contributed by atoms with E-state index in [9.17, 15) is 9.59 Å². The van der Waals surface area contributed by atoms with Crippen molar-refractivity contribution in [2.75, 3.05) is 24.2 Å². The molecule has 1 N–H and O–H groups in total. The monoisotopic (exact) mass is 280 g/mol. The molecule has 6 nitrogen and oxygen atoms in total. The number of anilines is 1. The van der Waals surface area contributed by atoms with Gasteiger partial charge in [-0.2, -0.15) is 0 Å². The highest BCUT2D eigenvalue weighted by atomic mass is 32.2. The molecule has 2 heterocycles. The summed E-state index contributed by atoms with van der Waals surface area (Å²) >= 11 is 1.37. The summed E-state index contributed by atoms with van der Waals surface area (Å²) in [7, 11) is 0. The van der Waals surface area contributed by atoms with Crippen LogP contribution in [0.2, 0.25) is 0 Å². The van der Waals surface area contributed by atoms with Crippen LogP contribution in [0.15, 0.2) is 17.2 Å². The number of thioether (sulfide) groups is 1. The van der Waals surface area contributed by atoms with Crippen molar-refractivity contribution in [2.45, 2.75) is 24.8 Å². The van der Waals surface area contributed by atoms with Crippen LogP contribution in [-0.2, 0) is 9.59 Å². The van der Waals surface area contributed by atoms with Crippen molar-refractivity contribution in [3.8, 4) is 0 Å². The molecule has 1 aromatic heterocycles. The number of carbonyl (C=O) groups excluding carboxylic acids is 2. The second-order valence-electron chi connectivity index (χ2n) is 4.31. The summed E-state index contributed by atoms with van der Waals surface area (Å²) in [6.07, 6.45) is 2.20. The molecule has 0 aromatic carbocycles. The third-order valence-electron chi connectivity index (χ3n) is 2.75. The highest BCUT2D eigenvalue weighted by Gasteiger charge is 2.17. The van der Waals surface area contributed by atoms with Gasteiger partial charge in [0.1, 0.15) is 5.03 Å². The fourth-order valence-corrected chi connectivity index (χ4v) is 2.55. The molecule has 0 spiro atoms. The second kappa shape index (κ2) is 6.51. The van der Waals surface area contributed by atoms with Gasteiger partial charge in [-0.15, -0.1) is 10.2 Å². The van der Waals surface area contributed by atoms with E-state index in [1.54, 1.807) is 12.1 Å². The second-order valence-corrected chi connectivity index (χ2v) is 5.31. The largest absolute Gasteiger partial charge is 0.342 e. The molecule has 0 atom stereocenters. The molecule has 2 amide bonds. The molecule has 1 aliphatic rings. The van der Waals surface area contributed by atoms with Gasteiger partial charge in [0.25, 0.3) is 0 Å². The smallest absolute Gasteiger partial charge is 0.232 e. The Hall–Kier alpha value is -1.63. The Kier molecular flexibility index (Phi) is 4.73. The first-order valence-corrected chi connectivity index (χ1v) is 7.15. The number of hydrogen-bond donors (Lipinski definition) is 1. The quantitative estimate of drug-likeness (QED) is 0.837. The number of carbonyl (C=O) groups is 2. The van der Waals surface area contributed by atoms with Gasteiger partial charge >= 0.3 is 0 Å². The van der Waals surface area contributed by atoms with Crippen LogP contribution in [0.1, 0.15) is 19.8 Å². The van der Waals surface area contributed by atoms with Crippen LogP contribution in [0, 0.1) is 0 Å². The van der Waals surface area contributed by atoms with Crippen molar-refractivity contribution in [2.24, 2.45) is 0 Å². The van der Waals surface area contributed by atoms with E-state index < -0.39 is 0 Å². The van der Waals surface area contributed by atoms with E-state index in [4.69, 9.17) is 0 Å². The van der Waals surface area contributed by atoms with Gasteiger partial charge in [-0.05, 0) is 25.0 Å². The van der Waals surface area contributed by atoms with Crippen LogP contribution in [0.4, 0.5) is 5.82 Å². The minimum Gasteiger partial charge on any atom is -0.342 e. The van der Waals surface area contributed by atoms with E-state index in [0.29, 0.717) is 16.6 Å². The molecule has 1 fully saturated rings. The number of rotatable bonds is 4. The standard InChI is InChI=1S/C12H16N4O2S/c1-9(17)13-10-4-5-11(15-14-10)19-8-12(18)16-6-2-3-7-16/h4-5H,2-3,6-8H2,1H3,(H,13,14,17). The lowest BCUT2D eigenvalue weighted by atomic mass is 10.4. The van der Waals surface area contributed by atoms with E-state index in [1.807, 2.05) is 4.90 Å². The number of nitrogens with one attached hydrogen (secondary N) is 1. The third kappa shape index (κ3) is 4.20. The average molecular weight is 280 g/mol. The van der Waals surface area contributed by atoms with Crippen LogP contribution in [-0.4, -0.2) is 45.8 Å². The minimum absolute atomic E-state index is 0.148. The molecule has 0 unspecified atom stereocenters. The maximum atomic E-state index is 11.8. The Labute approximate surface area is 116 Å². The predicted octanol–water partition coefficient (Wildman–Crippen LogP) is 1.15. The van der Waals surface area contributed by atoms with Crippen LogP contribution in [0.3, 0.4) is 0 Å². The number of nitrogens with zero attached hydrogens (tertiary/aromatic N) is 3. The average Bonchev–Trinajstić information content (AvgIpc) is 2.91. The van der Waals surface area contributed by atoms with Crippen LogP contribution in [0.5, 0.6) is 0 Å². The molecule has 7 heteroatoms. The lowest BCUT2D eigenvalue weighted by Gasteiger charge is -2.14. The Bertz CT molecular complexity index is 457. The van der Waals surface area contributed by atoms with Gasteiger partial charge in [0.2, 0.25) is 11.8 Å². The lowest BCUT2D eigenvalue weighted by molar-refractivity contribution is -0.127. The van der Waals surface area contributed by atoms with E-state index in [2.05, 4.69) is 15.5 Å². The van der Waals surface area contributed by atoms with Crippen LogP contribution >= 0.6 is 11.8 Å². The van der Waals surface area contributed by atoms with Gasteiger partial charge in [-0.25, -0.2) is 0 Å². The summed E-state index contributed by atoms with van der Waals surface area (Å²) < 4.78 is 0. The van der Waals surface area contributed by atoms with E-state index >= 15 is 0 Å². The predicted molar refractivity (Wildman–Crippen MR) is 72.9 cm³/mol. The van der Waals surface area contributed by atoms with Crippen molar-refractivity contribution in [1.29, 1.82) is 0 Å². The SMILES string of the molecule is CC(=O)Nc1ccc(SCC(=O)N2CCCC2)nn1. The molecule has 1 saturated heterocycles. The molecule has 0 aliphatic carbocycles. The molecule has 1 aliphatic heterocycles. The Morgan fingerprint density at radius 1 is 1.32 bits per heavy atom. The molecule has 1 aromatic rings. The molecule has 2 rings (SSSR count). The minimum atomic E-state index is -0.182. The zero-order valence-electron chi connectivity index (χ0n) is 10.8. The maximum Gasteiger partial charge on any atom is 0.232 e. The van der Waals surface area contributed by atoms with Gasteiger partial charge in [-0.3, -0.25) is 9.59 Å². The van der Waals surface area contributed by atoms with E-state index in [1.165, 1.54) is 18.7 Å². The topological polar surface area (TPSA) is 75.2 Å². The maximum absolute atomic E-state index is 11.8. The van der Waals surface area contributed by atoms with Gasteiger partial charge in [0.15, 0.2) is 5.82 Å². The molecular weight excluding hydrogens is 264 g/mol. The fourth-order valence-electron chi connectivity index (χ4n) is 1.84. The van der Waals surface area contributed by atoms with Crippen LogP contribution < -0.4 is 5.32 Å². The molecule has 0 bridgehead atoms. The van der Waals surface area contributed by atoms with Crippen molar-refractivity contribution < 1.29 is 9.59 Å². The summed E-state index contributed by atoms with van der Waals surface area (Å²) in [5.41, 5.74) is 0. The van der Waals surface area contributed by atoms with Crippen molar-refractivity contribution in [3.05, 3.63) is 12.1 Å². The molecule has 0 saturated carbocycles. The van der Waals surface area contributed by atoms with Crippen molar-refractivity contribution >= 4 is 29.4 Å². The summed E-state index contributed by atoms with van der Waals surface area (Å²) in [4.78, 5) is 24.5. The van der Waals surface area contributed by atoms with Gasteiger partial charge in [0, 0.05) is 20.0 Å². The van der Waals surface area contributed by atoms with Crippen molar-refractivity contribution in [3.63, 3.8) is 0 Å². The first kappa shape index (κ1) is 13.8. The molecular formula is C12H16N4O2S. The normalized spacial score (nSPS) is 14.5. The van der Waals surface area contributed by atoms with Crippen molar-refractivity contribution in [1.82, 2.24) is 15.1 Å². The number of hydrogen-bond acceptors (Lipinski definition) is 5. The number of aromatic nitrogens is 2. The number of amides is 2. The van der Waals surface area contributed by atoms with Gasteiger partial charge < -0.3 is 10.2 Å². The van der Waals surface area contributed by atoms with E-state index in [-0.39, 0.29) is 11.8 Å². The zero-order valence-corrected chi connectivity index (χ0v) is 11.6. The molecule has 0 radical (unpaired) electrons. The first-order valence-electron chi connectivity index (χ1n) is 6.17. The Balaban J connectivity index is 1.82.